The SMILES string of the molecule is S=C1S[C@H](c2ccc(Cl)cc2)[C@H]2CCCC=C2N1CCc1ccccc1. The molecule has 0 radical (unpaired) electrons. The summed E-state index contributed by atoms with van der Waals surface area (Å²) in [6, 6.07) is 19.0. The molecular weight excluding hydrogens is 378 g/mol. The molecule has 0 aromatic heterocycles. The molecule has 1 aliphatic heterocycles. The van der Waals surface area contributed by atoms with Gasteiger partial charge < -0.3 is 4.90 Å². The van der Waals surface area contributed by atoms with Gasteiger partial charge in [0, 0.05) is 28.4 Å². The summed E-state index contributed by atoms with van der Waals surface area (Å²) in [5.41, 5.74) is 4.14. The van der Waals surface area contributed by atoms with Crippen molar-refractivity contribution in [2.24, 2.45) is 5.92 Å². The van der Waals surface area contributed by atoms with E-state index in [0.29, 0.717) is 11.2 Å². The van der Waals surface area contributed by atoms with Crippen LogP contribution in [0.1, 0.15) is 35.6 Å². The molecule has 0 spiro atoms. The van der Waals surface area contributed by atoms with Crippen LogP contribution in [0.25, 0.3) is 0 Å². The number of thioether (sulfide) groups is 1. The number of hydrogen-bond acceptors (Lipinski definition) is 2. The van der Waals surface area contributed by atoms with Crippen molar-refractivity contribution in [1.29, 1.82) is 0 Å². The van der Waals surface area contributed by atoms with Crippen LogP contribution >= 0.6 is 35.6 Å². The van der Waals surface area contributed by atoms with Crippen LogP contribution in [0, 0.1) is 5.92 Å². The van der Waals surface area contributed by atoms with Gasteiger partial charge in [0.2, 0.25) is 0 Å². The molecule has 0 amide bonds. The predicted octanol–water partition coefficient (Wildman–Crippen LogP) is 6.64. The number of benzene rings is 2. The van der Waals surface area contributed by atoms with E-state index < -0.39 is 0 Å². The van der Waals surface area contributed by atoms with E-state index in [2.05, 4.69) is 53.4 Å². The largest absolute Gasteiger partial charge is 0.331 e. The monoisotopic (exact) mass is 399 g/mol. The second-order valence-corrected chi connectivity index (χ2v) is 9.12. The minimum absolute atomic E-state index is 0.402. The predicted molar refractivity (Wildman–Crippen MR) is 117 cm³/mol. The lowest BCUT2D eigenvalue weighted by Gasteiger charge is -2.44. The smallest absolute Gasteiger partial charge is 0.141 e. The van der Waals surface area contributed by atoms with Crippen LogP contribution in [0.4, 0.5) is 0 Å². The molecule has 0 N–H and O–H groups in total. The molecule has 134 valence electrons. The van der Waals surface area contributed by atoms with E-state index in [-0.39, 0.29) is 0 Å². The van der Waals surface area contributed by atoms with Crippen molar-refractivity contribution in [3.63, 3.8) is 0 Å². The van der Waals surface area contributed by atoms with Crippen molar-refractivity contribution in [1.82, 2.24) is 4.90 Å². The maximum absolute atomic E-state index is 6.09. The van der Waals surface area contributed by atoms with Crippen molar-refractivity contribution in [3.05, 3.63) is 82.5 Å². The van der Waals surface area contributed by atoms with Crippen LogP contribution < -0.4 is 0 Å². The first-order chi connectivity index (χ1) is 12.7. The Morgan fingerprint density at radius 3 is 2.62 bits per heavy atom. The highest BCUT2D eigenvalue weighted by Gasteiger charge is 2.38. The van der Waals surface area contributed by atoms with Gasteiger partial charge in [-0.3, -0.25) is 0 Å². The fourth-order valence-corrected chi connectivity index (χ4v) is 5.83. The van der Waals surface area contributed by atoms with E-state index in [4.69, 9.17) is 23.8 Å². The molecule has 2 atom stereocenters. The lowest BCUT2D eigenvalue weighted by molar-refractivity contribution is 0.376. The quantitative estimate of drug-likeness (QED) is 0.530. The number of rotatable bonds is 4. The maximum Gasteiger partial charge on any atom is 0.141 e. The fraction of sp³-hybridized carbons (Fsp3) is 0.318. The van der Waals surface area contributed by atoms with Crippen LogP contribution in [0.15, 0.2) is 66.4 Å². The van der Waals surface area contributed by atoms with Gasteiger partial charge >= 0.3 is 0 Å². The van der Waals surface area contributed by atoms with Gasteiger partial charge in [-0.2, -0.15) is 0 Å². The van der Waals surface area contributed by atoms with Crippen LogP contribution in [0.3, 0.4) is 0 Å². The first kappa shape index (κ1) is 18.1. The normalized spacial score (nSPS) is 22.7. The van der Waals surface area contributed by atoms with E-state index in [1.54, 1.807) is 0 Å². The summed E-state index contributed by atoms with van der Waals surface area (Å²) in [6.07, 6.45) is 7.11. The minimum Gasteiger partial charge on any atom is -0.331 e. The third-order valence-corrected chi connectivity index (χ3v) is 7.28. The van der Waals surface area contributed by atoms with Crippen molar-refractivity contribution in [2.45, 2.75) is 30.9 Å². The summed E-state index contributed by atoms with van der Waals surface area (Å²) < 4.78 is 1.00. The van der Waals surface area contributed by atoms with Gasteiger partial charge in [-0.15, -0.1) is 0 Å². The molecule has 2 aromatic rings. The Bertz CT molecular complexity index is 801. The second kappa shape index (κ2) is 8.16. The zero-order chi connectivity index (χ0) is 17.9. The number of nitrogens with zero attached hydrogens (tertiary/aromatic N) is 1. The van der Waals surface area contributed by atoms with Crippen LogP contribution in [0.5, 0.6) is 0 Å². The summed E-state index contributed by atoms with van der Waals surface area (Å²) in [5, 5.41) is 1.19. The average Bonchev–Trinajstić information content (AvgIpc) is 2.68. The Hall–Kier alpha value is -1.29. The standard InChI is InChI=1S/C22H22ClNS2/c23-18-12-10-17(11-13-18)21-19-8-4-5-9-20(19)24(22(25)26-21)15-14-16-6-2-1-3-7-16/h1-3,6-7,9-13,19,21H,4-5,8,14-15H2/t19-,21+/m0/s1. The van der Waals surface area contributed by atoms with E-state index >= 15 is 0 Å². The number of halogens is 1. The van der Waals surface area contributed by atoms with Crippen LogP contribution in [-0.4, -0.2) is 15.8 Å². The summed E-state index contributed by atoms with van der Waals surface area (Å²) >= 11 is 13.8. The zero-order valence-corrected chi connectivity index (χ0v) is 17.0. The Morgan fingerprint density at radius 1 is 1.08 bits per heavy atom. The summed E-state index contributed by atoms with van der Waals surface area (Å²) in [6.45, 7) is 0.964. The molecule has 26 heavy (non-hydrogen) atoms. The highest BCUT2D eigenvalue weighted by Crippen LogP contribution is 2.50. The van der Waals surface area contributed by atoms with Gasteiger partial charge in [-0.05, 0) is 48.9 Å². The third kappa shape index (κ3) is 3.85. The van der Waals surface area contributed by atoms with Gasteiger partial charge in [0.1, 0.15) is 4.32 Å². The number of hydrogen-bond donors (Lipinski definition) is 0. The minimum atomic E-state index is 0.402. The molecule has 1 saturated heterocycles. The lowest BCUT2D eigenvalue weighted by atomic mass is 9.85. The molecule has 0 unspecified atom stereocenters. The van der Waals surface area contributed by atoms with E-state index in [1.165, 1.54) is 29.7 Å². The number of allylic oxidation sites excluding steroid dienone is 2. The van der Waals surface area contributed by atoms with E-state index in [1.807, 2.05) is 23.9 Å². The van der Waals surface area contributed by atoms with Crippen LogP contribution in [0.2, 0.25) is 5.02 Å². The van der Waals surface area contributed by atoms with Gasteiger partial charge in [-0.25, -0.2) is 0 Å². The molecule has 0 saturated carbocycles. The van der Waals surface area contributed by atoms with E-state index in [9.17, 15) is 0 Å². The molecule has 4 rings (SSSR count). The molecule has 2 aliphatic rings. The lowest BCUT2D eigenvalue weighted by Crippen LogP contribution is -2.39. The molecule has 1 aliphatic carbocycles. The maximum atomic E-state index is 6.09. The number of fused-ring (bicyclic) bond motifs is 1. The molecule has 1 heterocycles. The Balaban J connectivity index is 1.56. The van der Waals surface area contributed by atoms with Gasteiger partial charge in [0.25, 0.3) is 0 Å². The van der Waals surface area contributed by atoms with Crippen molar-refractivity contribution in [2.75, 3.05) is 6.54 Å². The number of thiocarbonyl (C=S) groups is 1. The Kier molecular flexibility index (Phi) is 5.68. The molecule has 2 aromatic carbocycles. The highest BCUT2D eigenvalue weighted by molar-refractivity contribution is 8.23. The fourth-order valence-electron chi connectivity index (χ4n) is 3.92. The first-order valence-corrected chi connectivity index (χ1v) is 10.9. The van der Waals surface area contributed by atoms with Crippen molar-refractivity contribution in [3.8, 4) is 0 Å². The average molecular weight is 400 g/mol. The summed E-state index contributed by atoms with van der Waals surface area (Å²) in [7, 11) is 0. The molecular formula is C22H22ClNS2. The molecule has 4 heteroatoms. The van der Waals surface area contributed by atoms with Gasteiger partial charge in [-0.1, -0.05) is 84.1 Å². The second-order valence-electron chi connectivity index (χ2n) is 6.91. The Labute approximate surface area is 170 Å². The highest BCUT2D eigenvalue weighted by atomic mass is 35.5. The van der Waals surface area contributed by atoms with Crippen molar-refractivity contribution >= 4 is 39.9 Å². The van der Waals surface area contributed by atoms with Gasteiger partial charge in [0.05, 0.1) is 0 Å². The first-order valence-electron chi connectivity index (χ1n) is 9.20. The topological polar surface area (TPSA) is 3.24 Å². The zero-order valence-electron chi connectivity index (χ0n) is 14.6. The van der Waals surface area contributed by atoms with E-state index in [0.717, 1.165) is 28.7 Å². The Morgan fingerprint density at radius 2 is 1.85 bits per heavy atom. The summed E-state index contributed by atoms with van der Waals surface area (Å²) in [4.78, 5) is 2.39. The summed E-state index contributed by atoms with van der Waals surface area (Å²) in [5.74, 6) is 0.539. The molecule has 0 bridgehead atoms. The van der Waals surface area contributed by atoms with Crippen LogP contribution in [-0.2, 0) is 6.42 Å². The third-order valence-electron chi connectivity index (χ3n) is 5.24. The van der Waals surface area contributed by atoms with Gasteiger partial charge in [0.15, 0.2) is 0 Å². The molecule has 1 fully saturated rings. The molecule has 1 nitrogen and oxygen atoms in total. The van der Waals surface area contributed by atoms with Crippen molar-refractivity contribution < 1.29 is 0 Å².